The number of carbonyl (C=O) groups is 1. The molecular weight excluding hydrogens is 312 g/mol. The third-order valence-corrected chi connectivity index (χ3v) is 4.58. The lowest BCUT2D eigenvalue weighted by Gasteiger charge is -2.20. The third-order valence-electron chi connectivity index (χ3n) is 4.58. The summed E-state index contributed by atoms with van der Waals surface area (Å²) in [6, 6.07) is 15.3. The van der Waals surface area contributed by atoms with Crippen LogP contribution in [-0.4, -0.2) is 12.5 Å². The van der Waals surface area contributed by atoms with E-state index in [1.165, 1.54) is 24.0 Å². The van der Waals surface area contributed by atoms with Crippen LogP contribution in [0.15, 0.2) is 42.5 Å². The second-order valence-electron chi connectivity index (χ2n) is 6.45. The average Bonchev–Trinajstić information content (AvgIpc) is 2.66. The number of benzene rings is 2. The van der Waals surface area contributed by atoms with Crippen molar-refractivity contribution in [3.05, 3.63) is 64.7 Å². The lowest BCUT2D eigenvalue weighted by Crippen LogP contribution is -2.31. The molecule has 2 aromatic carbocycles. The molecule has 0 saturated carbocycles. The van der Waals surface area contributed by atoms with Crippen LogP contribution in [0.5, 0.6) is 5.75 Å². The van der Waals surface area contributed by atoms with Crippen LogP contribution < -0.4 is 10.1 Å². The number of rotatable bonds is 5. The highest BCUT2D eigenvalue weighted by Gasteiger charge is 2.14. The van der Waals surface area contributed by atoms with Gasteiger partial charge in [0, 0.05) is 0 Å². The van der Waals surface area contributed by atoms with Gasteiger partial charge in [0.2, 0.25) is 0 Å². The van der Waals surface area contributed by atoms with Crippen LogP contribution >= 0.6 is 0 Å². The Bertz CT molecular complexity index is 808. The molecular formula is C21H22N2O2. The summed E-state index contributed by atoms with van der Waals surface area (Å²) < 4.78 is 5.47. The van der Waals surface area contributed by atoms with Gasteiger partial charge < -0.3 is 10.1 Å². The molecule has 1 atom stereocenters. The first-order valence-electron chi connectivity index (χ1n) is 8.70. The molecule has 0 spiro atoms. The van der Waals surface area contributed by atoms with E-state index in [-0.39, 0.29) is 18.6 Å². The number of nitriles is 1. The average molecular weight is 334 g/mol. The van der Waals surface area contributed by atoms with Crippen LogP contribution in [0.25, 0.3) is 0 Å². The van der Waals surface area contributed by atoms with Gasteiger partial charge in [-0.1, -0.05) is 24.3 Å². The lowest BCUT2D eigenvalue weighted by atomic mass is 9.89. The fourth-order valence-corrected chi connectivity index (χ4v) is 3.19. The summed E-state index contributed by atoms with van der Waals surface area (Å²) in [6.45, 7) is 1.92. The maximum Gasteiger partial charge on any atom is 0.258 e. The zero-order valence-electron chi connectivity index (χ0n) is 14.4. The SMILES string of the molecule is CC(NC(=O)COc1cccc(C#N)c1)c1ccc2c(c1)CCCC2. The maximum absolute atomic E-state index is 12.1. The minimum Gasteiger partial charge on any atom is -0.484 e. The van der Waals surface area contributed by atoms with E-state index in [1.807, 2.05) is 6.92 Å². The fraction of sp³-hybridized carbons (Fsp3) is 0.333. The number of hydrogen-bond donors (Lipinski definition) is 1. The van der Waals surface area contributed by atoms with E-state index in [0.717, 1.165) is 18.4 Å². The molecule has 0 heterocycles. The van der Waals surface area contributed by atoms with E-state index in [0.29, 0.717) is 11.3 Å². The molecule has 0 bridgehead atoms. The smallest absolute Gasteiger partial charge is 0.258 e. The van der Waals surface area contributed by atoms with Crippen LogP contribution in [0.3, 0.4) is 0 Å². The number of nitrogens with one attached hydrogen (secondary N) is 1. The van der Waals surface area contributed by atoms with Gasteiger partial charge in [-0.25, -0.2) is 0 Å². The standard InChI is InChI=1S/C21H22N2O2/c1-15(18-10-9-17-6-2-3-7-19(17)12-18)23-21(24)14-25-20-8-4-5-16(11-20)13-22/h4-5,8-12,15H,2-3,6-7,14H2,1H3,(H,23,24). The molecule has 1 unspecified atom stereocenters. The van der Waals surface area contributed by atoms with E-state index in [2.05, 4.69) is 29.6 Å². The second-order valence-corrected chi connectivity index (χ2v) is 6.45. The van der Waals surface area contributed by atoms with E-state index < -0.39 is 0 Å². The molecule has 25 heavy (non-hydrogen) atoms. The molecule has 0 saturated heterocycles. The largest absolute Gasteiger partial charge is 0.484 e. The topological polar surface area (TPSA) is 62.1 Å². The highest BCUT2D eigenvalue weighted by Crippen LogP contribution is 2.24. The van der Waals surface area contributed by atoms with Gasteiger partial charge in [-0.15, -0.1) is 0 Å². The Morgan fingerprint density at radius 3 is 2.80 bits per heavy atom. The van der Waals surface area contributed by atoms with Gasteiger partial charge in [0.1, 0.15) is 5.75 Å². The summed E-state index contributed by atoms with van der Waals surface area (Å²) in [6.07, 6.45) is 4.80. The van der Waals surface area contributed by atoms with Crippen molar-refractivity contribution >= 4 is 5.91 Å². The van der Waals surface area contributed by atoms with Crippen molar-refractivity contribution in [1.29, 1.82) is 5.26 Å². The number of carbonyl (C=O) groups excluding carboxylic acids is 1. The van der Waals surface area contributed by atoms with E-state index in [1.54, 1.807) is 24.3 Å². The summed E-state index contributed by atoms with van der Waals surface area (Å²) in [4.78, 5) is 12.1. The molecule has 2 aromatic rings. The van der Waals surface area contributed by atoms with Crippen molar-refractivity contribution in [3.63, 3.8) is 0 Å². The zero-order chi connectivity index (χ0) is 17.6. The summed E-state index contributed by atoms with van der Waals surface area (Å²) >= 11 is 0. The first-order valence-corrected chi connectivity index (χ1v) is 8.70. The van der Waals surface area contributed by atoms with Gasteiger partial charge >= 0.3 is 0 Å². The highest BCUT2D eigenvalue weighted by atomic mass is 16.5. The Hall–Kier alpha value is -2.80. The van der Waals surface area contributed by atoms with Crippen molar-refractivity contribution in [2.45, 2.75) is 38.6 Å². The number of ether oxygens (including phenoxy) is 1. The monoisotopic (exact) mass is 334 g/mol. The van der Waals surface area contributed by atoms with E-state index in [4.69, 9.17) is 10.00 Å². The molecule has 0 fully saturated rings. The van der Waals surface area contributed by atoms with Crippen molar-refractivity contribution in [2.24, 2.45) is 0 Å². The van der Waals surface area contributed by atoms with Gasteiger partial charge in [-0.3, -0.25) is 4.79 Å². The van der Waals surface area contributed by atoms with Crippen molar-refractivity contribution in [3.8, 4) is 11.8 Å². The summed E-state index contributed by atoms with van der Waals surface area (Å²) in [5.41, 5.74) is 4.49. The van der Waals surface area contributed by atoms with E-state index >= 15 is 0 Å². The summed E-state index contributed by atoms with van der Waals surface area (Å²) in [5.74, 6) is 0.350. The third kappa shape index (κ3) is 4.39. The molecule has 1 aliphatic rings. The molecule has 128 valence electrons. The second kappa shape index (κ2) is 7.85. The minimum atomic E-state index is -0.174. The molecule has 0 radical (unpaired) electrons. The van der Waals surface area contributed by atoms with Crippen LogP contribution in [0.4, 0.5) is 0 Å². The normalized spacial score (nSPS) is 14.1. The first-order chi connectivity index (χ1) is 12.2. The molecule has 1 N–H and O–H groups in total. The Morgan fingerprint density at radius 2 is 2.00 bits per heavy atom. The molecule has 4 heteroatoms. The minimum absolute atomic E-state index is 0.0613. The lowest BCUT2D eigenvalue weighted by molar-refractivity contribution is -0.123. The molecule has 1 aliphatic carbocycles. The van der Waals surface area contributed by atoms with Gasteiger partial charge in [0.15, 0.2) is 6.61 Å². The molecule has 0 aromatic heterocycles. The molecule has 0 aliphatic heterocycles. The Labute approximate surface area is 148 Å². The Balaban J connectivity index is 1.56. The number of fused-ring (bicyclic) bond motifs is 1. The van der Waals surface area contributed by atoms with Crippen LogP contribution in [0.1, 0.15) is 48.1 Å². The van der Waals surface area contributed by atoms with Crippen LogP contribution in [-0.2, 0) is 17.6 Å². The predicted molar refractivity (Wildman–Crippen MR) is 96.3 cm³/mol. The van der Waals surface area contributed by atoms with Crippen molar-refractivity contribution in [1.82, 2.24) is 5.32 Å². The van der Waals surface area contributed by atoms with Gasteiger partial charge in [0.05, 0.1) is 17.7 Å². The summed E-state index contributed by atoms with van der Waals surface area (Å²) in [7, 11) is 0. The van der Waals surface area contributed by atoms with Gasteiger partial charge in [-0.2, -0.15) is 5.26 Å². The first kappa shape index (κ1) is 17.0. The molecule has 4 nitrogen and oxygen atoms in total. The van der Waals surface area contributed by atoms with Gasteiger partial charge in [-0.05, 0) is 67.5 Å². The molecule has 1 amide bonds. The zero-order valence-corrected chi connectivity index (χ0v) is 14.4. The fourth-order valence-electron chi connectivity index (χ4n) is 3.19. The number of nitrogens with zero attached hydrogens (tertiary/aromatic N) is 1. The predicted octanol–water partition coefficient (Wildman–Crippen LogP) is 3.69. The van der Waals surface area contributed by atoms with Crippen molar-refractivity contribution in [2.75, 3.05) is 6.61 Å². The van der Waals surface area contributed by atoms with Crippen molar-refractivity contribution < 1.29 is 9.53 Å². The van der Waals surface area contributed by atoms with Gasteiger partial charge in [0.25, 0.3) is 5.91 Å². The number of amides is 1. The quantitative estimate of drug-likeness (QED) is 0.907. The maximum atomic E-state index is 12.1. The van der Waals surface area contributed by atoms with Crippen LogP contribution in [0.2, 0.25) is 0 Å². The Kier molecular flexibility index (Phi) is 5.35. The molecule has 3 rings (SSSR count). The highest BCUT2D eigenvalue weighted by molar-refractivity contribution is 5.78. The van der Waals surface area contributed by atoms with E-state index in [9.17, 15) is 4.79 Å². The number of hydrogen-bond acceptors (Lipinski definition) is 3. The summed E-state index contributed by atoms with van der Waals surface area (Å²) in [5, 5.41) is 11.9. The Morgan fingerprint density at radius 1 is 1.20 bits per heavy atom. The van der Waals surface area contributed by atoms with Crippen LogP contribution in [0, 0.1) is 11.3 Å². The number of aryl methyl sites for hydroxylation is 2.